The number of rotatable bonds is 6. The largest absolute Gasteiger partial charge is 0.402 e. The molecule has 0 saturated heterocycles. The fourth-order valence-electron chi connectivity index (χ4n) is 9.11. The highest BCUT2D eigenvalue weighted by molar-refractivity contribution is 6.36. The minimum Gasteiger partial charge on any atom is -0.341 e. The Kier molecular flexibility index (Phi) is 7.47. The van der Waals surface area contributed by atoms with E-state index < -0.39 is 35.2 Å². The van der Waals surface area contributed by atoms with E-state index in [2.05, 4.69) is 9.13 Å². The van der Waals surface area contributed by atoms with E-state index in [0.717, 1.165) is 72.5 Å². The van der Waals surface area contributed by atoms with Crippen molar-refractivity contribution < 1.29 is 32.3 Å². The highest BCUT2D eigenvalue weighted by atomic mass is 19.4. The number of aromatic nitrogens is 2. The number of halogens is 3. The zero-order valence-corrected chi connectivity index (χ0v) is 31.5. The van der Waals surface area contributed by atoms with Crippen LogP contribution in [0.1, 0.15) is 73.3 Å². The lowest BCUT2D eigenvalue weighted by molar-refractivity contribution is -0.173. The Morgan fingerprint density at radius 2 is 0.828 bits per heavy atom. The molecule has 8 nitrogen and oxygen atoms in total. The summed E-state index contributed by atoms with van der Waals surface area (Å²) in [5.41, 5.74) is 0.766. The van der Waals surface area contributed by atoms with Crippen molar-refractivity contribution in [3.63, 3.8) is 0 Å². The minimum absolute atomic E-state index is 0.0150. The van der Waals surface area contributed by atoms with E-state index in [9.17, 15) is 19.2 Å². The lowest BCUT2D eigenvalue weighted by atomic mass is 9.74. The Balaban J connectivity index is 1.02. The van der Waals surface area contributed by atoms with Gasteiger partial charge in [-0.25, -0.2) is 9.80 Å². The first kappa shape index (κ1) is 35.4. The summed E-state index contributed by atoms with van der Waals surface area (Å²) in [4.78, 5) is 57.7. The van der Waals surface area contributed by atoms with Crippen molar-refractivity contribution in [3.05, 3.63) is 155 Å². The van der Waals surface area contributed by atoms with E-state index in [-0.39, 0.29) is 33.4 Å². The summed E-state index contributed by atoms with van der Waals surface area (Å²) in [5.74, 6) is -2.76. The van der Waals surface area contributed by atoms with Crippen LogP contribution in [0.2, 0.25) is 0 Å². The second kappa shape index (κ2) is 12.2. The van der Waals surface area contributed by atoms with Crippen LogP contribution in [-0.2, 0) is 18.5 Å². The maximum atomic E-state index is 15.5. The number of anilines is 2. The third-order valence-electron chi connectivity index (χ3n) is 12.2. The summed E-state index contributed by atoms with van der Waals surface area (Å²) in [6.07, 6.45) is -4.93. The van der Waals surface area contributed by atoms with Gasteiger partial charge in [-0.3, -0.25) is 19.2 Å². The summed E-state index contributed by atoms with van der Waals surface area (Å²) >= 11 is 0. The summed E-state index contributed by atoms with van der Waals surface area (Å²) in [7, 11) is 0. The Labute approximate surface area is 329 Å². The molecule has 58 heavy (non-hydrogen) atoms. The van der Waals surface area contributed by atoms with Crippen LogP contribution in [0.3, 0.4) is 0 Å². The van der Waals surface area contributed by atoms with Crippen molar-refractivity contribution in [3.8, 4) is 0 Å². The zero-order chi connectivity index (χ0) is 40.4. The van der Waals surface area contributed by atoms with Gasteiger partial charge in [0.05, 0.1) is 33.6 Å². The average molecular weight is 775 g/mol. The number of carbonyl (C=O) groups excluding carboxylic acids is 4. The van der Waals surface area contributed by atoms with Gasteiger partial charge in [0.15, 0.2) is 0 Å². The number of para-hydroxylation sites is 2. The number of aryl methyl sites for hydroxylation is 2. The molecule has 4 amide bonds. The molecule has 0 bridgehead atoms. The molecule has 0 fully saturated rings. The Morgan fingerprint density at radius 3 is 1.22 bits per heavy atom. The Morgan fingerprint density at radius 1 is 0.448 bits per heavy atom. The summed E-state index contributed by atoms with van der Waals surface area (Å²) in [5, 5.41) is 3.56. The summed E-state index contributed by atoms with van der Waals surface area (Å²) < 4.78 is 50.8. The van der Waals surface area contributed by atoms with Crippen molar-refractivity contribution in [1.29, 1.82) is 0 Å². The number of hydrogen-bond acceptors (Lipinski definition) is 4. The maximum Gasteiger partial charge on any atom is 0.402 e. The highest BCUT2D eigenvalue weighted by Gasteiger charge is 2.55. The fraction of sp³-hybridized carbons (Fsp3) is 0.149. The number of alkyl halides is 3. The number of nitrogens with zero attached hydrogens (tertiary/aromatic N) is 4. The first-order valence-electron chi connectivity index (χ1n) is 19.0. The van der Waals surface area contributed by atoms with E-state index >= 15 is 13.2 Å². The van der Waals surface area contributed by atoms with Crippen molar-refractivity contribution >= 4 is 78.6 Å². The van der Waals surface area contributed by atoms with Crippen LogP contribution in [0.15, 0.2) is 121 Å². The quantitative estimate of drug-likeness (QED) is 0.158. The Hall–Kier alpha value is -7.01. The molecule has 10 rings (SSSR count). The maximum absolute atomic E-state index is 15.5. The third-order valence-corrected chi connectivity index (χ3v) is 12.2. The number of benzene rings is 6. The van der Waals surface area contributed by atoms with Crippen molar-refractivity contribution in [2.45, 2.75) is 45.5 Å². The number of hydrogen-bond donors (Lipinski definition) is 0. The van der Waals surface area contributed by atoms with Crippen LogP contribution >= 0.6 is 0 Å². The number of fused-ring (bicyclic) bond motifs is 8. The first-order chi connectivity index (χ1) is 27.9. The van der Waals surface area contributed by atoms with E-state index in [4.69, 9.17) is 0 Å². The van der Waals surface area contributed by atoms with E-state index in [1.54, 1.807) is 24.3 Å². The molecule has 0 atom stereocenters. The molecule has 0 N–H and O–H groups in total. The highest BCUT2D eigenvalue weighted by Crippen LogP contribution is 2.48. The van der Waals surface area contributed by atoms with Crippen molar-refractivity contribution in [2.75, 3.05) is 9.80 Å². The molecule has 0 aliphatic carbocycles. The fourth-order valence-corrected chi connectivity index (χ4v) is 9.11. The van der Waals surface area contributed by atoms with Crippen LogP contribution in [0.25, 0.3) is 43.6 Å². The molecule has 2 aliphatic rings. The van der Waals surface area contributed by atoms with Gasteiger partial charge < -0.3 is 9.13 Å². The van der Waals surface area contributed by atoms with Crippen LogP contribution in [-0.4, -0.2) is 38.9 Å². The number of imide groups is 2. The predicted molar refractivity (Wildman–Crippen MR) is 218 cm³/mol. The lowest BCUT2D eigenvalue weighted by Gasteiger charge is -2.33. The van der Waals surface area contributed by atoms with E-state index in [0.29, 0.717) is 24.5 Å². The molecular formula is C47H33F3N4O4. The molecule has 6 aromatic carbocycles. The Bertz CT molecular complexity index is 2950. The second-order valence-corrected chi connectivity index (χ2v) is 15.0. The van der Waals surface area contributed by atoms with E-state index in [1.165, 1.54) is 24.3 Å². The molecular weight excluding hydrogens is 742 g/mol. The van der Waals surface area contributed by atoms with Gasteiger partial charge in [0.2, 0.25) is 0 Å². The van der Waals surface area contributed by atoms with Crippen LogP contribution < -0.4 is 9.80 Å². The molecule has 2 aromatic heterocycles. The molecule has 2 aliphatic heterocycles. The van der Waals surface area contributed by atoms with E-state index in [1.807, 2.05) is 74.5 Å². The second-order valence-electron chi connectivity index (χ2n) is 15.0. The van der Waals surface area contributed by atoms with Gasteiger partial charge in [0.25, 0.3) is 23.6 Å². The van der Waals surface area contributed by atoms with Gasteiger partial charge in [0.1, 0.15) is 5.41 Å². The van der Waals surface area contributed by atoms with Crippen LogP contribution in [0.5, 0.6) is 0 Å². The van der Waals surface area contributed by atoms with Gasteiger partial charge in [-0.15, -0.1) is 0 Å². The van der Waals surface area contributed by atoms with Gasteiger partial charge in [0, 0.05) is 56.7 Å². The summed E-state index contributed by atoms with van der Waals surface area (Å²) in [6.45, 7) is 6.43. The molecule has 11 heteroatoms. The number of amides is 4. The topological polar surface area (TPSA) is 84.6 Å². The molecule has 0 unspecified atom stereocenters. The molecule has 0 radical (unpaired) electrons. The van der Waals surface area contributed by atoms with Crippen molar-refractivity contribution in [1.82, 2.24) is 9.13 Å². The lowest BCUT2D eigenvalue weighted by Crippen LogP contribution is -2.41. The van der Waals surface area contributed by atoms with Crippen molar-refractivity contribution in [2.24, 2.45) is 0 Å². The third kappa shape index (κ3) is 4.64. The molecule has 0 saturated carbocycles. The zero-order valence-electron chi connectivity index (χ0n) is 31.5. The molecule has 286 valence electrons. The summed E-state index contributed by atoms with van der Waals surface area (Å²) in [6, 6.07) is 33.3. The predicted octanol–water partition coefficient (Wildman–Crippen LogP) is 10.4. The average Bonchev–Trinajstić information content (AvgIpc) is 3.89. The molecule has 4 heterocycles. The normalized spacial score (nSPS) is 14.6. The number of carbonyl (C=O) groups is 4. The standard InChI is InChI=1S/C47H33F3N4O4/c1-4-51-38-12-8-6-10-30(38)34-24-28(16-20-40(34)51)53-42(55)32-18-14-26(22-36(32)44(53)57)46(3,47(48,49)50)27-15-19-33-37(23-27)45(58)54(43(33)56)29-17-21-41-35(25-29)31-11-7-9-13-39(31)52(41)5-2/h6-25H,4-5H2,1-3H3. The monoisotopic (exact) mass is 774 g/mol. The molecule has 0 spiro atoms. The van der Waals surface area contributed by atoms with Gasteiger partial charge in [-0.05, 0) is 105 Å². The van der Waals surface area contributed by atoms with Crippen LogP contribution in [0.4, 0.5) is 24.5 Å². The first-order valence-corrected chi connectivity index (χ1v) is 19.0. The van der Waals surface area contributed by atoms with Gasteiger partial charge >= 0.3 is 6.18 Å². The minimum atomic E-state index is -4.93. The van der Waals surface area contributed by atoms with Gasteiger partial charge in [-0.1, -0.05) is 48.5 Å². The van der Waals surface area contributed by atoms with Gasteiger partial charge in [-0.2, -0.15) is 13.2 Å². The smallest absolute Gasteiger partial charge is 0.341 e. The van der Waals surface area contributed by atoms with Crippen LogP contribution in [0, 0.1) is 0 Å². The SMILES string of the molecule is CCn1c2ccccc2c2cc(N3C(=O)c4ccc(C(C)(c5ccc6c(c5)C(=O)N(c5ccc7c(c5)c5ccccc5n7CC)C6=O)C(F)(F)F)cc4C3=O)ccc21. The molecule has 8 aromatic rings.